The molecule has 0 aliphatic rings. The van der Waals surface area contributed by atoms with Crippen molar-refractivity contribution in [1.82, 2.24) is 4.98 Å². The van der Waals surface area contributed by atoms with Crippen molar-refractivity contribution in [3.05, 3.63) is 56.8 Å². The van der Waals surface area contributed by atoms with Crippen LogP contribution in [-0.4, -0.2) is 21.0 Å². The van der Waals surface area contributed by atoms with Gasteiger partial charge in [-0.05, 0) is 28.1 Å². The lowest BCUT2D eigenvalue weighted by molar-refractivity contribution is -0.384. The zero-order valence-corrected chi connectivity index (χ0v) is 11.4. The Morgan fingerprint density at radius 2 is 2.10 bits per heavy atom. The summed E-state index contributed by atoms with van der Waals surface area (Å²) in [7, 11) is 0. The number of nitrogens with zero attached hydrogens (tertiary/aromatic N) is 2. The van der Waals surface area contributed by atoms with Crippen molar-refractivity contribution in [3.8, 4) is 11.5 Å². The smallest absolute Gasteiger partial charge is 0.337 e. The van der Waals surface area contributed by atoms with Gasteiger partial charge in [0, 0.05) is 12.3 Å². The van der Waals surface area contributed by atoms with Gasteiger partial charge in [-0.1, -0.05) is 0 Å². The molecule has 1 aromatic carbocycles. The van der Waals surface area contributed by atoms with Crippen molar-refractivity contribution in [1.29, 1.82) is 0 Å². The molecule has 20 heavy (non-hydrogen) atoms. The minimum Gasteiger partial charge on any atom is -0.478 e. The van der Waals surface area contributed by atoms with Crippen LogP contribution in [0.3, 0.4) is 0 Å². The van der Waals surface area contributed by atoms with Crippen LogP contribution in [0.1, 0.15) is 10.4 Å². The first-order valence-corrected chi connectivity index (χ1v) is 6.07. The molecule has 0 aliphatic carbocycles. The lowest BCUT2D eigenvalue weighted by atomic mass is 10.3. The lowest BCUT2D eigenvalue weighted by Crippen LogP contribution is -1.98. The van der Waals surface area contributed by atoms with E-state index in [0.29, 0.717) is 4.47 Å². The molecular formula is C12H7BrN2O5. The molecule has 0 spiro atoms. The van der Waals surface area contributed by atoms with Crippen LogP contribution in [0.4, 0.5) is 5.69 Å². The van der Waals surface area contributed by atoms with Gasteiger partial charge in [0.05, 0.1) is 27.2 Å². The molecule has 2 aromatic rings. The van der Waals surface area contributed by atoms with E-state index >= 15 is 0 Å². The van der Waals surface area contributed by atoms with Gasteiger partial charge in [-0.25, -0.2) is 4.79 Å². The van der Waals surface area contributed by atoms with E-state index in [0.717, 1.165) is 0 Å². The molecule has 8 heteroatoms. The van der Waals surface area contributed by atoms with Crippen molar-refractivity contribution in [2.75, 3.05) is 0 Å². The highest BCUT2D eigenvalue weighted by Crippen LogP contribution is 2.32. The summed E-state index contributed by atoms with van der Waals surface area (Å²) in [5.41, 5.74) is -0.172. The number of hydrogen-bond donors (Lipinski definition) is 1. The van der Waals surface area contributed by atoms with Crippen molar-refractivity contribution < 1.29 is 19.6 Å². The number of carbonyl (C=O) groups is 1. The van der Waals surface area contributed by atoms with E-state index in [-0.39, 0.29) is 22.7 Å². The molecule has 2 rings (SSSR count). The summed E-state index contributed by atoms with van der Waals surface area (Å²) >= 11 is 3.20. The van der Waals surface area contributed by atoms with Gasteiger partial charge >= 0.3 is 5.97 Å². The number of non-ortho nitro benzene ring substituents is 1. The summed E-state index contributed by atoms with van der Waals surface area (Å²) in [5.74, 6) is -0.768. The normalized spacial score (nSPS) is 10.1. The number of aromatic carboxylic acids is 1. The third-order valence-electron chi connectivity index (χ3n) is 2.31. The predicted molar refractivity (Wildman–Crippen MR) is 72.1 cm³/mol. The Morgan fingerprint density at radius 3 is 2.75 bits per heavy atom. The van der Waals surface area contributed by atoms with E-state index in [1.165, 1.54) is 36.7 Å². The summed E-state index contributed by atoms with van der Waals surface area (Å²) in [6.45, 7) is 0. The monoisotopic (exact) mass is 338 g/mol. The molecule has 0 saturated heterocycles. The Bertz CT molecular complexity index is 689. The fraction of sp³-hybridized carbons (Fsp3) is 0. The number of nitro groups is 1. The Labute approximate surface area is 121 Å². The number of hydrogen-bond acceptors (Lipinski definition) is 5. The number of halogens is 1. The number of nitro benzene ring substituents is 1. The first-order valence-electron chi connectivity index (χ1n) is 5.27. The van der Waals surface area contributed by atoms with Crippen molar-refractivity contribution in [3.63, 3.8) is 0 Å². The molecule has 0 saturated carbocycles. The zero-order valence-electron chi connectivity index (χ0n) is 9.82. The van der Waals surface area contributed by atoms with Gasteiger partial charge in [-0.3, -0.25) is 15.1 Å². The molecule has 0 atom stereocenters. The highest BCUT2D eigenvalue weighted by atomic mass is 79.9. The maximum Gasteiger partial charge on any atom is 0.337 e. The van der Waals surface area contributed by atoms with E-state index in [1.807, 2.05) is 0 Å². The van der Waals surface area contributed by atoms with E-state index in [9.17, 15) is 14.9 Å². The number of ether oxygens (including phenoxy) is 1. The van der Waals surface area contributed by atoms with Gasteiger partial charge in [0.15, 0.2) is 0 Å². The molecule has 0 unspecified atom stereocenters. The van der Waals surface area contributed by atoms with Crippen LogP contribution in [-0.2, 0) is 0 Å². The number of carboxylic acid groups (broad SMARTS) is 1. The quantitative estimate of drug-likeness (QED) is 0.678. The average Bonchev–Trinajstić information content (AvgIpc) is 2.41. The van der Waals surface area contributed by atoms with Crippen molar-refractivity contribution in [2.45, 2.75) is 0 Å². The Hall–Kier alpha value is -2.48. The van der Waals surface area contributed by atoms with E-state index in [1.54, 1.807) is 0 Å². The zero-order chi connectivity index (χ0) is 14.7. The summed E-state index contributed by atoms with van der Waals surface area (Å²) < 4.78 is 5.92. The van der Waals surface area contributed by atoms with Gasteiger partial charge in [-0.2, -0.15) is 0 Å². The largest absolute Gasteiger partial charge is 0.478 e. The molecule has 1 heterocycles. The first-order chi connectivity index (χ1) is 9.47. The molecule has 0 aliphatic heterocycles. The third-order valence-corrected chi connectivity index (χ3v) is 2.97. The highest BCUT2D eigenvalue weighted by Gasteiger charge is 2.12. The van der Waals surface area contributed by atoms with E-state index in [4.69, 9.17) is 9.84 Å². The molecule has 102 valence electrons. The molecule has 7 nitrogen and oxygen atoms in total. The van der Waals surface area contributed by atoms with Crippen LogP contribution < -0.4 is 4.74 Å². The fourth-order valence-corrected chi connectivity index (χ4v) is 1.73. The molecular weight excluding hydrogens is 332 g/mol. The second-order valence-corrected chi connectivity index (χ2v) is 4.54. The number of rotatable bonds is 4. The summed E-state index contributed by atoms with van der Waals surface area (Å²) in [6.07, 6.45) is 2.50. The highest BCUT2D eigenvalue weighted by molar-refractivity contribution is 9.10. The lowest BCUT2D eigenvalue weighted by Gasteiger charge is -2.07. The van der Waals surface area contributed by atoms with Crippen LogP contribution in [0, 0.1) is 10.1 Å². The molecule has 0 radical (unpaired) electrons. The molecule has 0 fully saturated rings. The number of carboxylic acids is 1. The van der Waals surface area contributed by atoms with Gasteiger partial charge in [0.1, 0.15) is 11.5 Å². The SMILES string of the molecule is O=C(O)c1cncc(Oc2cc([N+](=O)[O-])ccc2Br)c1. The molecule has 0 amide bonds. The van der Waals surface area contributed by atoms with Crippen molar-refractivity contribution in [2.24, 2.45) is 0 Å². The molecule has 1 N–H and O–H groups in total. The van der Waals surface area contributed by atoms with Crippen LogP contribution in [0.5, 0.6) is 11.5 Å². The first kappa shape index (κ1) is 13.9. The summed E-state index contributed by atoms with van der Waals surface area (Å²) in [4.78, 5) is 24.7. The Kier molecular flexibility index (Phi) is 3.94. The third kappa shape index (κ3) is 3.09. The maximum absolute atomic E-state index is 10.8. The number of pyridine rings is 1. The van der Waals surface area contributed by atoms with Gasteiger partial charge in [0.25, 0.3) is 5.69 Å². The molecule has 1 aromatic heterocycles. The standard InChI is InChI=1S/C12H7BrN2O5/c13-10-2-1-8(15(18)19)4-11(10)20-9-3-7(12(16)17)5-14-6-9/h1-6H,(H,16,17). The van der Waals surface area contributed by atoms with Gasteiger partial charge in [-0.15, -0.1) is 0 Å². The predicted octanol–water partition coefficient (Wildman–Crippen LogP) is 3.24. The fourth-order valence-electron chi connectivity index (χ4n) is 1.40. The minimum absolute atomic E-state index is 0.0379. The number of aromatic nitrogens is 1. The average molecular weight is 339 g/mol. The van der Waals surface area contributed by atoms with Crippen LogP contribution in [0.25, 0.3) is 0 Å². The Morgan fingerprint density at radius 1 is 1.35 bits per heavy atom. The van der Waals surface area contributed by atoms with Crippen LogP contribution in [0.15, 0.2) is 41.1 Å². The number of benzene rings is 1. The van der Waals surface area contributed by atoms with Crippen LogP contribution in [0.2, 0.25) is 0 Å². The minimum atomic E-state index is -1.14. The van der Waals surface area contributed by atoms with Crippen LogP contribution >= 0.6 is 15.9 Å². The van der Waals surface area contributed by atoms with Crippen molar-refractivity contribution >= 4 is 27.6 Å². The van der Waals surface area contributed by atoms with Gasteiger partial charge < -0.3 is 9.84 Å². The van der Waals surface area contributed by atoms with E-state index in [2.05, 4.69) is 20.9 Å². The second-order valence-electron chi connectivity index (χ2n) is 3.69. The summed E-state index contributed by atoms with van der Waals surface area (Å²) in [6, 6.07) is 5.31. The van der Waals surface area contributed by atoms with E-state index < -0.39 is 10.9 Å². The summed E-state index contributed by atoms with van der Waals surface area (Å²) in [5, 5.41) is 19.6. The second kappa shape index (κ2) is 5.66. The Balaban J connectivity index is 2.34. The topological polar surface area (TPSA) is 103 Å². The molecule has 0 bridgehead atoms. The maximum atomic E-state index is 10.8. The van der Waals surface area contributed by atoms with Gasteiger partial charge in [0.2, 0.25) is 0 Å².